The summed E-state index contributed by atoms with van der Waals surface area (Å²) in [4.78, 5) is 6.79. The van der Waals surface area contributed by atoms with Gasteiger partial charge in [0.25, 0.3) is 0 Å². The predicted octanol–water partition coefficient (Wildman–Crippen LogP) is 3.18. The number of benzene rings is 1. The third-order valence-electron chi connectivity index (χ3n) is 4.67. The van der Waals surface area contributed by atoms with Crippen molar-refractivity contribution in [2.24, 2.45) is 5.92 Å². The minimum atomic E-state index is 0.342. The number of phenols is 1. The highest BCUT2D eigenvalue weighted by Gasteiger charge is 2.20. The number of rotatable bonds is 6. The van der Waals surface area contributed by atoms with E-state index in [1.54, 1.807) is 12.1 Å². The van der Waals surface area contributed by atoms with Gasteiger partial charge in [0.05, 0.1) is 6.54 Å². The first-order valence-corrected chi connectivity index (χ1v) is 8.54. The third-order valence-corrected chi connectivity index (χ3v) is 4.67. The smallest absolute Gasteiger partial charge is 0.240 e. The lowest BCUT2D eigenvalue weighted by atomic mass is 9.90. The second-order valence-electron chi connectivity index (χ2n) is 6.38. The summed E-state index contributed by atoms with van der Waals surface area (Å²) in [5, 5.41) is 13.3. The molecular weight excluding hydrogens is 290 g/mol. The molecular formula is C18H25N3O2. The van der Waals surface area contributed by atoms with E-state index in [9.17, 15) is 5.11 Å². The standard InChI is InChI=1S/C18H25N3O2/c1-2-17-19-18(23-20-17)13-21-11-9-15(10-12-21)4-3-14-5-7-16(22)8-6-14/h5-8,15,22H,2-4,9-13H2,1H3. The van der Waals surface area contributed by atoms with Gasteiger partial charge in [0.2, 0.25) is 5.89 Å². The van der Waals surface area contributed by atoms with E-state index in [1.807, 2.05) is 19.1 Å². The maximum atomic E-state index is 9.32. The molecule has 1 fully saturated rings. The third kappa shape index (κ3) is 4.55. The quantitative estimate of drug-likeness (QED) is 0.887. The van der Waals surface area contributed by atoms with Crippen LogP contribution >= 0.6 is 0 Å². The molecule has 124 valence electrons. The Bertz CT molecular complexity index is 601. The van der Waals surface area contributed by atoms with Gasteiger partial charge in [-0.05, 0) is 62.4 Å². The maximum Gasteiger partial charge on any atom is 0.240 e. The first kappa shape index (κ1) is 16.0. The lowest BCUT2D eigenvalue weighted by Crippen LogP contribution is -2.33. The van der Waals surface area contributed by atoms with E-state index in [1.165, 1.54) is 24.8 Å². The molecule has 1 N–H and O–H groups in total. The van der Waals surface area contributed by atoms with Crippen LogP contribution in [0.5, 0.6) is 5.75 Å². The Kier molecular flexibility index (Phi) is 5.28. The van der Waals surface area contributed by atoms with Crippen molar-refractivity contribution in [3.05, 3.63) is 41.5 Å². The van der Waals surface area contributed by atoms with Gasteiger partial charge in [0, 0.05) is 6.42 Å². The zero-order valence-electron chi connectivity index (χ0n) is 13.7. The molecule has 5 heteroatoms. The molecule has 0 aliphatic carbocycles. The van der Waals surface area contributed by atoms with E-state index in [4.69, 9.17) is 4.52 Å². The number of aromatic nitrogens is 2. The molecule has 2 heterocycles. The molecule has 2 aromatic rings. The molecule has 0 radical (unpaired) electrons. The lowest BCUT2D eigenvalue weighted by Gasteiger charge is -2.30. The highest BCUT2D eigenvalue weighted by Crippen LogP contribution is 2.23. The Morgan fingerprint density at radius 3 is 2.61 bits per heavy atom. The van der Waals surface area contributed by atoms with Crippen molar-refractivity contribution in [2.45, 2.75) is 45.6 Å². The van der Waals surface area contributed by atoms with E-state index in [0.717, 1.165) is 50.1 Å². The minimum absolute atomic E-state index is 0.342. The average Bonchev–Trinajstić information content (AvgIpc) is 3.03. The number of hydrogen-bond donors (Lipinski definition) is 1. The molecule has 1 aromatic heterocycles. The number of hydrogen-bond acceptors (Lipinski definition) is 5. The molecule has 0 saturated carbocycles. The van der Waals surface area contributed by atoms with Crippen LogP contribution in [0.15, 0.2) is 28.8 Å². The van der Waals surface area contributed by atoms with Crippen LogP contribution < -0.4 is 0 Å². The molecule has 0 spiro atoms. The molecule has 23 heavy (non-hydrogen) atoms. The van der Waals surface area contributed by atoms with Gasteiger partial charge in [-0.1, -0.05) is 24.2 Å². The number of likely N-dealkylation sites (tertiary alicyclic amines) is 1. The molecule has 0 amide bonds. The van der Waals surface area contributed by atoms with Crippen molar-refractivity contribution in [3.8, 4) is 5.75 Å². The maximum absolute atomic E-state index is 9.32. The van der Waals surface area contributed by atoms with Crippen molar-refractivity contribution >= 4 is 0 Å². The van der Waals surface area contributed by atoms with Gasteiger partial charge in [-0.15, -0.1) is 0 Å². The minimum Gasteiger partial charge on any atom is -0.508 e. The monoisotopic (exact) mass is 315 g/mol. The summed E-state index contributed by atoms with van der Waals surface area (Å²) in [6.07, 6.45) is 5.59. The van der Waals surface area contributed by atoms with Gasteiger partial charge in [0.1, 0.15) is 5.75 Å². The number of aryl methyl sites for hydroxylation is 2. The van der Waals surface area contributed by atoms with Crippen LogP contribution in [-0.4, -0.2) is 33.2 Å². The van der Waals surface area contributed by atoms with E-state index in [0.29, 0.717) is 5.75 Å². The molecule has 1 aliphatic rings. The Labute approximate surface area is 137 Å². The van der Waals surface area contributed by atoms with Gasteiger partial charge >= 0.3 is 0 Å². The number of piperidine rings is 1. The summed E-state index contributed by atoms with van der Waals surface area (Å²) in [5.41, 5.74) is 1.31. The van der Waals surface area contributed by atoms with Crippen molar-refractivity contribution in [1.82, 2.24) is 15.0 Å². The number of nitrogens with zero attached hydrogens (tertiary/aromatic N) is 3. The summed E-state index contributed by atoms with van der Waals surface area (Å²) in [7, 11) is 0. The molecule has 1 aromatic carbocycles. The first-order valence-electron chi connectivity index (χ1n) is 8.54. The summed E-state index contributed by atoms with van der Waals surface area (Å²) in [6, 6.07) is 7.58. The first-order chi connectivity index (χ1) is 11.2. The fourth-order valence-electron chi connectivity index (χ4n) is 3.16. The van der Waals surface area contributed by atoms with Crippen LogP contribution in [-0.2, 0) is 19.4 Å². The molecule has 0 atom stereocenters. The fraction of sp³-hybridized carbons (Fsp3) is 0.556. The van der Waals surface area contributed by atoms with E-state index in [2.05, 4.69) is 15.0 Å². The second kappa shape index (κ2) is 7.59. The molecule has 0 unspecified atom stereocenters. The van der Waals surface area contributed by atoms with Gasteiger partial charge in [-0.2, -0.15) is 4.98 Å². The largest absolute Gasteiger partial charge is 0.508 e. The van der Waals surface area contributed by atoms with Gasteiger partial charge < -0.3 is 9.63 Å². The van der Waals surface area contributed by atoms with E-state index in [-0.39, 0.29) is 0 Å². The predicted molar refractivity (Wildman–Crippen MR) is 88.1 cm³/mol. The molecule has 1 aliphatic heterocycles. The van der Waals surface area contributed by atoms with Crippen LogP contribution in [0.25, 0.3) is 0 Å². The van der Waals surface area contributed by atoms with Crippen molar-refractivity contribution in [3.63, 3.8) is 0 Å². The zero-order chi connectivity index (χ0) is 16.1. The number of phenolic OH excluding ortho intramolecular Hbond substituents is 1. The van der Waals surface area contributed by atoms with Gasteiger partial charge in [-0.25, -0.2) is 0 Å². The molecule has 1 saturated heterocycles. The van der Waals surface area contributed by atoms with Crippen LogP contribution in [0.2, 0.25) is 0 Å². The highest BCUT2D eigenvalue weighted by atomic mass is 16.5. The van der Waals surface area contributed by atoms with Gasteiger partial charge in [-0.3, -0.25) is 4.90 Å². The van der Waals surface area contributed by atoms with E-state index < -0.39 is 0 Å². The molecule has 5 nitrogen and oxygen atoms in total. The summed E-state index contributed by atoms with van der Waals surface area (Å²) in [6.45, 7) is 5.01. The van der Waals surface area contributed by atoms with E-state index >= 15 is 0 Å². The van der Waals surface area contributed by atoms with Crippen LogP contribution in [0.3, 0.4) is 0 Å². The van der Waals surface area contributed by atoms with Crippen molar-refractivity contribution in [1.29, 1.82) is 0 Å². The fourth-order valence-corrected chi connectivity index (χ4v) is 3.16. The molecule has 3 rings (SSSR count). The normalized spacial score (nSPS) is 16.7. The zero-order valence-corrected chi connectivity index (χ0v) is 13.7. The average molecular weight is 315 g/mol. The number of aromatic hydroxyl groups is 1. The summed E-state index contributed by atoms with van der Waals surface area (Å²) < 4.78 is 5.28. The van der Waals surface area contributed by atoms with Crippen molar-refractivity contribution < 1.29 is 9.63 Å². The van der Waals surface area contributed by atoms with Crippen LogP contribution in [0.1, 0.15) is 43.5 Å². The molecule has 0 bridgehead atoms. The summed E-state index contributed by atoms with van der Waals surface area (Å²) >= 11 is 0. The Hall–Kier alpha value is -1.88. The van der Waals surface area contributed by atoms with Crippen molar-refractivity contribution in [2.75, 3.05) is 13.1 Å². The summed E-state index contributed by atoms with van der Waals surface area (Å²) in [5.74, 6) is 2.66. The Morgan fingerprint density at radius 1 is 1.22 bits per heavy atom. The Morgan fingerprint density at radius 2 is 1.96 bits per heavy atom. The SMILES string of the molecule is CCc1noc(CN2CCC(CCc3ccc(O)cc3)CC2)n1. The topological polar surface area (TPSA) is 62.4 Å². The van der Waals surface area contributed by atoms with Crippen LogP contribution in [0.4, 0.5) is 0 Å². The highest BCUT2D eigenvalue weighted by molar-refractivity contribution is 5.25. The second-order valence-corrected chi connectivity index (χ2v) is 6.38. The van der Waals surface area contributed by atoms with Gasteiger partial charge in [0.15, 0.2) is 5.82 Å². The lowest BCUT2D eigenvalue weighted by molar-refractivity contribution is 0.155. The Balaban J connectivity index is 1.40. The van der Waals surface area contributed by atoms with Crippen LogP contribution in [0, 0.1) is 5.92 Å².